The molecule has 4 aromatic rings. The third-order valence-corrected chi connectivity index (χ3v) is 5.81. The molecule has 0 fully saturated rings. The number of hydrogen-bond donors (Lipinski definition) is 2. The summed E-state index contributed by atoms with van der Waals surface area (Å²) in [5.41, 5.74) is 0. The highest BCUT2D eigenvalue weighted by Gasteiger charge is 2.05. The average Bonchev–Trinajstić information content (AvgIpc) is 2.79. The first kappa shape index (κ1) is 21.8. The predicted octanol–water partition coefficient (Wildman–Crippen LogP) is 7.06. The first-order chi connectivity index (χ1) is 15.6. The molecule has 0 radical (unpaired) electrons. The summed E-state index contributed by atoms with van der Waals surface area (Å²) in [5.74, 6) is 2.93. The summed E-state index contributed by atoms with van der Waals surface area (Å²) in [4.78, 5) is 0. The molecule has 0 unspecified atom stereocenters. The predicted molar refractivity (Wildman–Crippen MR) is 130 cm³/mol. The highest BCUT2D eigenvalue weighted by molar-refractivity contribution is 5.85. The molecule has 2 N–H and O–H groups in total. The van der Waals surface area contributed by atoms with Crippen molar-refractivity contribution in [1.82, 2.24) is 0 Å². The third-order valence-electron chi connectivity index (χ3n) is 5.81. The lowest BCUT2D eigenvalue weighted by Crippen LogP contribution is -2.04. The monoisotopic (exact) mass is 430 g/mol. The van der Waals surface area contributed by atoms with Crippen molar-refractivity contribution in [3.8, 4) is 23.0 Å². The van der Waals surface area contributed by atoms with Crippen LogP contribution in [0.15, 0.2) is 72.8 Å². The molecule has 0 aliphatic heterocycles. The molecule has 0 saturated carbocycles. The first-order valence-corrected chi connectivity index (χ1v) is 11.3. The van der Waals surface area contributed by atoms with Gasteiger partial charge in [0.1, 0.15) is 23.0 Å². The molecule has 0 amide bonds. The Bertz CT molecular complexity index is 1090. The van der Waals surface area contributed by atoms with Gasteiger partial charge in [-0.1, -0.05) is 31.2 Å². The van der Waals surface area contributed by atoms with E-state index < -0.39 is 0 Å². The lowest BCUT2D eigenvalue weighted by Gasteiger charge is -2.13. The van der Waals surface area contributed by atoms with Gasteiger partial charge in [-0.05, 0) is 102 Å². The highest BCUT2D eigenvalue weighted by atomic mass is 16.5. The normalized spacial score (nSPS) is 11.3. The molecule has 0 aromatic heterocycles. The van der Waals surface area contributed by atoms with Crippen molar-refractivity contribution in [1.29, 1.82) is 0 Å². The highest BCUT2D eigenvalue weighted by Crippen LogP contribution is 2.26. The Hall–Kier alpha value is -3.40. The average molecular weight is 431 g/mol. The SMILES string of the molecule is CC(CCCOc1ccc2cc(O)ccc2c1)CCCOc1ccc2cc(O)ccc2c1. The minimum atomic E-state index is 0.281. The molecule has 4 aromatic carbocycles. The van der Waals surface area contributed by atoms with Crippen LogP contribution in [0.4, 0.5) is 0 Å². The van der Waals surface area contributed by atoms with Crippen LogP contribution in [-0.2, 0) is 0 Å². The van der Waals surface area contributed by atoms with Gasteiger partial charge in [0.05, 0.1) is 13.2 Å². The van der Waals surface area contributed by atoms with Gasteiger partial charge in [-0.15, -0.1) is 0 Å². The number of ether oxygens (including phenoxy) is 2. The molecule has 4 heteroatoms. The van der Waals surface area contributed by atoms with E-state index in [0.717, 1.165) is 58.7 Å². The van der Waals surface area contributed by atoms with Crippen molar-refractivity contribution >= 4 is 21.5 Å². The fourth-order valence-corrected chi connectivity index (χ4v) is 3.99. The number of rotatable bonds is 10. The number of aromatic hydroxyl groups is 2. The quantitative estimate of drug-likeness (QED) is 0.264. The van der Waals surface area contributed by atoms with E-state index in [2.05, 4.69) is 6.92 Å². The summed E-state index contributed by atoms with van der Waals surface area (Å²) in [6, 6.07) is 22.6. The molecule has 0 heterocycles. The molecule has 166 valence electrons. The summed E-state index contributed by atoms with van der Waals surface area (Å²) in [6.07, 6.45) is 4.29. The Morgan fingerprint density at radius 3 is 1.47 bits per heavy atom. The molecule has 0 saturated heterocycles. The van der Waals surface area contributed by atoms with E-state index in [9.17, 15) is 10.2 Å². The zero-order valence-corrected chi connectivity index (χ0v) is 18.5. The smallest absolute Gasteiger partial charge is 0.119 e. The van der Waals surface area contributed by atoms with Crippen LogP contribution >= 0.6 is 0 Å². The van der Waals surface area contributed by atoms with Gasteiger partial charge in [0.25, 0.3) is 0 Å². The maximum atomic E-state index is 9.56. The molecule has 4 nitrogen and oxygen atoms in total. The first-order valence-electron chi connectivity index (χ1n) is 11.3. The number of phenolic OH excluding ortho intramolecular Hbond substituents is 2. The van der Waals surface area contributed by atoms with Crippen molar-refractivity contribution in [2.45, 2.75) is 32.6 Å². The lowest BCUT2D eigenvalue weighted by molar-refractivity contribution is 0.274. The van der Waals surface area contributed by atoms with Crippen LogP contribution in [0.5, 0.6) is 23.0 Å². The van der Waals surface area contributed by atoms with Gasteiger partial charge in [0, 0.05) is 0 Å². The van der Waals surface area contributed by atoms with Crippen molar-refractivity contribution < 1.29 is 19.7 Å². The molecule has 0 atom stereocenters. The van der Waals surface area contributed by atoms with Gasteiger partial charge in [-0.2, -0.15) is 0 Å². The summed E-state index contributed by atoms with van der Waals surface area (Å²) in [6.45, 7) is 3.69. The van der Waals surface area contributed by atoms with Crippen molar-refractivity contribution in [3.63, 3.8) is 0 Å². The second-order valence-electron chi connectivity index (χ2n) is 8.47. The Kier molecular flexibility index (Phi) is 7.00. The van der Waals surface area contributed by atoms with Crippen LogP contribution in [0.3, 0.4) is 0 Å². The van der Waals surface area contributed by atoms with Crippen molar-refractivity contribution in [3.05, 3.63) is 72.8 Å². The summed E-state index contributed by atoms with van der Waals surface area (Å²) in [5, 5.41) is 23.3. The molecule has 0 spiro atoms. The molecule has 0 aliphatic rings. The van der Waals surface area contributed by atoms with Gasteiger partial charge >= 0.3 is 0 Å². The van der Waals surface area contributed by atoms with Crippen LogP contribution in [0.25, 0.3) is 21.5 Å². The van der Waals surface area contributed by atoms with Crippen LogP contribution in [0.1, 0.15) is 32.6 Å². The van der Waals surface area contributed by atoms with E-state index in [1.54, 1.807) is 24.3 Å². The van der Waals surface area contributed by atoms with Crippen molar-refractivity contribution in [2.24, 2.45) is 5.92 Å². The van der Waals surface area contributed by atoms with Crippen LogP contribution in [0.2, 0.25) is 0 Å². The Balaban J connectivity index is 1.13. The van der Waals surface area contributed by atoms with Crippen LogP contribution in [-0.4, -0.2) is 23.4 Å². The fourth-order valence-electron chi connectivity index (χ4n) is 3.99. The van der Waals surface area contributed by atoms with Gasteiger partial charge in [0.2, 0.25) is 0 Å². The number of hydrogen-bond acceptors (Lipinski definition) is 4. The van der Waals surface area contributed by atoms with Crippen molar-refractivity contribution in [2.75, 3.05) is 13.2 Å². The maximum absolute atomic E-state index is 9.56. The molecule has 32 heavy (non-hydrogen) atoms. The topological polar surface area (TPSA) is 58.9 Å². The Morgan fingerprint density at radius 2 is 1.00 bits per heavy atom. The summed E-state index contributed by atoms with van der Waals surface area (Å²) >= 11 is 0. The second-order valence-corrected chi connectivity index (χ2v) is 8.47. The molecule has 0 aliphatic carbocycles. The lowest BCUT2D eigenvalue weighted by atomic mass is 10.0. The van der Waals surface area contributed by atoms with Crippen LogP contribution < -0.4 is 9.47 Å². The molecular formula is C28H30O4. The van der Waals surface area contributed by atoms with E-state index in [-0.39, 0.29) is 11.5 Å². The summed E-state index contributed by atoms with van der Waals surface area (Å²) < 4.78 is 11.8. The van der Waals surface area contributed by atoms with E-state index in [1.165, 1.54) is 0 Å². The van der Waals surface area contributed by atoms with E-state index in [4.69, 9.17) is 9.47 Å². The molecule has 4 rings (SSSR count). The Morgan fingerprint density at radius 1 is 0.594 bits per heavy atom. The molecule has 0 bridgehead atoms. The minimum absolute atomic E-state index is 0.281. The second kappa shape index (κ2) is 10.3. The number of fused-ring (bicyclic) bond motifs is 2. The maximum Gasteiger partial charge on any atom is 0.119 e. The van der Waals surface area contributed by atoms with Gasteiger partial charge in [-0.25, -0.2) is 0 Å². The zero-order chi connectivity index (χ0) is 22.3. The zero-order valence-electron chi connectivity index (χ0n) is 18.5. The van der Waals surface area contributed by atoms with Crippen LogP contribution in [0, 0.1) is 5.92 Å². The van der Waals surface area contributed by atoms with E-state index in [0.29, 0.717) is 19.1 Å². The van der Waals surface area contributed by atoms with E-state index in [1.807, 2.05) is 48.5 Å². The summed E-state index contributed by atoms with van der Waals surface area (Å²) in [7, 11) is 0. The Labute approximate surface area is 189 Å². The van der Waals surface area contributed by atoms with E-state index >= 15 is 0 Å². The number of benzene rings is 4. The van der Waals surface area contributed by atoms with Gasteiger partial charge in [0.15, 0.2) is 0 Å². The third kappa shape index (κ3) is 5.85. The fraction of sp³-hybridized carbons (Fsp3) is 0.286. The van der Waals surface area contributed by atoms with Gasteiger partial charge in [-0.3, -0.25) is 0 Å². The largest absolute Gasteiger partial charge is 0.508 e. The number of phenols is 2. The molecular weight excluding hydrogens is 400 g/mol. The minimum Gasteiger partial charge on any atom is -0.508 e. The van der Waals surface area contributed by atoms with Gasteiger partial charge < -0.3 is 19.7 Å². The standard InChI is InChI=1S/C28H30O4/c1-20(4-2-14-31-27-12-8-21-16-25(29)10-6-23(21)18-27)5-3-15-32-28-13-9-22-17-26(30)11-7-24(22)19-28/h6-13,16-20,29-30H,2-5,14-15H2,1H3.